The van der Waals surface area contributed by atoms with E-state index >= 15 is 0 Å². The summed E-state index contributed by atoms with van der Waals surface area (Å²) < 4.78 is 10.5. The number of imide groups is 1. The Hall–Kier alpha value is -2.41. The molecule has 1 aromatic rings. The molecular formula is C19H24N2O5. The molecule has 2 fully saturated rings. The Bertz CT molecular complexity index is 762. The van der Waals surface area contributed by atoms with Gasteiger partial charge in [-0.3, -0.25) is 24.6 Å². The molecule has 0 radical (unpaired) electrons. The van der Waals surface area contributed by atoms with Gasteiger partial charge in [0.15, 0.2) is 0 Å². The van der Waals surface area contributed by atoms with E-state index in [1.165, 1.54) is 14.2 Å². The molecule has 2 amide bonds. The summed E-state index contributed by atoms with van der Waals surface area (Å²) >= 11 is 0. The molecule has 2 aliphatic rings. The predicted octanol–water partition coefficient (Wildman–Crippen LogP) is 1.14. The lowest BCUT2D eigenvalue weighted by atomic mass is 9.73. The zero-order valence-electron chi connectivity index (χ0n) is 15.6. The van der Waals surface area contributed by atoms with E-state index in [1.807, 2.05) is 32.0 Å². The van der Waals surface area contributed by atoms with Crippen LogP contribution >= 0.6 is 0 Å². The summed E-state index contributed by atoms with van der Waals surface area (Å²) in [7, 11) is 4.31. The van der Waals surface area contributed by atoms with Gasteiger partial charge in [-0.2, -0.15) is 0 Å². The van der Waals surface area contributed by atoms with Gasteiger partial charge in [0.25, 0.3) is 0 Å². The molecule has 7 nitrogen and oxygen atoms in total. The van der Waals surface area contributed by atoms with Gasteiger partial charge >= 0.3 is 5.97 Å². The normalized spacial score (nSPS) is 30.7. The van der Waals surface area contributed by atoms with Crippen LogP contribution in [0.3, 0.4) is 0 Å². The van der Waals surface area contributed by atoms with E-state index in [0.717, 1.165) is 10.5 Å². The van der Waals surface area contributed by atoms with E-state index in [2.05, 4.69) is 5.32 Å². The summed E-state index contributed by atoms with van der Waals surface area (Å²) in [6.07, 6.45) is 0. The van der Waals surface area contributed by atoms with E-state index in [1.54, 1.807) is 13.2 Å². The van der Waals surface area contributed by atoms with Crippen molar-refractivity contribution in [2.24, 2.45) is 17.8 Å². The van der Waals surface area contributed by atoms with E-state index in [4.69, 9.17) is 9.47 Å². The molecule has 7 heteroatoms. The van der Waals surface area contributed by atoms with Gasteiger partial charge in [0, 0.05) is 18.7 Å². The van der Waals surface area contributed by atoms with Crippen LogP contribution in [-0.2, 0) is 19.1 Å². The van der Waals surface area contributed by atoms with Gasteiger partial charge in [-0.1, -0.05) is 32.0 Å². The van der Waals surface area contributed by atoms with Crippen molar-refractivity contribution in [2.75, 3.05) is 21.3 Å². The number of benzene rings is 1. The molecule has 26 heavy (non-hydrogen) atoms. The molecule has 2 aliphatic heterocycles. The number of rotatable bonds is 4. The standard InChI is InChI=1S/C19H24N2O5/c1-10(2)19(18(24)26-5)14-13(16(22)21(3)17(14)23)15(20-19)11-8-6-7-9-12(11)25-4/h6-10,13-15,20H,1-5H3/t13-,14+,15+,19+/m0/s1. The number of esters is 1. The molecule has 0 aromatic heterocycles. The number of hydrogen-bond donors (Lipinski definition) is 1. The van der Waals surface area contributed by atoms with Crippen molar-refractivity contribution in [2.45, 2.75) is 25.4 Å². The molecule has 3 rings (SSSR count). The summed E-state index contributed by atoms with van der Waals surface area (Å²) in [6, 6.07) is 6.78. The molecule has 4 atom stereocenters. The number of para-hydroxylation sites is 1. The highest BCUT2D eigenvalue weighted by atomic mass is 16.5. The highest BCUT2D eigenvalue weighted by Gasteiger charge is 2.69. The number of hydrogen-bond acceptors (Lipinski definition) is 6. The smallest absolute Gasteiger partial charge is 0.327 e. The maximum atomic E-state index is 12.9. The summed E-state index contributed by atoms with van der Waals surface area (Å²) in [6.45, 7) is 3.70. The first kappa shape index (κ1) is 18.4. The third kappa shape index (κ3) is 2.26. The van der Waals surface area contributed by atoms with E-state index in [0.29, 0.717) is 5.75 Å². The molecular weight excluding hydrogens is 336 g/mol. The number of amides is 2. The van der Waals surface area contributed by atoms with E-state index < -0.39 is 29.4 Å². The van der Waals surface area contributed by atoms with Crippen LogP contribution in [0.25, 0.3) is 0 Å². The number of methoxy groups -OCH3 is 2. The summed E-state index contributed by atoms with van der Waals surface area (Å²) in [5, 5.41) is 3.31. The Labute approximate surface area is 152 Å². The molecule has 2 saturated heterocycles. The highest BCUT2D eigenvalue weighted by Crippen LogP contribution is 2.52. The number of nitrogens with zero attached hydrogens (tertiary/aromatic N) is 1. The quantitative estimate of drug-likeness (QED) is 0.640. The van der Waals surface area contributed by atoms with Gasteiger partial charge in [-0.05, 0) is 12.0 Å². The second-order valence-electron chi connectivity index (χ2n) is 7.12. The Morgan fingerprint density at radius 3 is 2.42 bits per heavy atom. The number of nitrogens with one attached hydrogen (secondary N) is 1. The van der Waals surface area contributed by atoms with Crippen molar-refractivity contribution in [3.63, 3.8) is 0 Å². The Morgan fingerprint density at radius 1 is 1.19 bits per heavy atom. The van der Waals surface area contributed by atoms with E-state index in [9.17, 15) is 14.4 Å². The summed E-state index contributed by atoms with van der Waals surface area (Å²) in [5.41, 5.74) is -0.532. The predicted molar refractivity (Wildman–Crippen MR) is 93.2 cm³/mol. The highest BCUT2D eigenvalue weighted by molar-refractivity contribution is 6.09. The summed E-state index contributed by atoms with van der Waals surface area (Å²) in [5.74, 6) is -2.35. The minimum atomic E-state index is -1.28. The van der Waals surface area contributed by atoms with Crippen molar-refractivity contribution < 1.29 is 23.9 Å². The molecule has 140 valence electrons. The lowest BCUT2D eigenvalue weighted by Gasteiger charge is -2.35. The Balaban J connectivity index is 2.21. The van der Waals surface area contributed by atoms with Gasteiger partial charge in [0.1, 0.15) is 11.3 Å². The van der Waals surface area contributed by atoms with Crippen molar-refractivity contribution in [3.8, 4) is 5.75 Å². The minimum Gasteiger partial charge on any atom is -0.496 e. The first-order valence-electron chi connectivity index (χ1n) is 8.61. The summed E-state index contributed by atoms with van der Waals surface area (Å²) in [4.78, 5) is 39.7. The fourth-order valence-electron chi connectivity index (χ4n) is 4.40. The average molecular weight is 360 g/mol. The van der Waals surface area contributed by atoms with Crippen LogP contribution in [0.5, 0.6) is 5.75 Å². The van der Waals surface area contributed by atoms with Crippen molar-refractivity contribution in [1.82, 2.24) is 10.2 Å². The molecule has 0 spiro atoms. The maximum Gasteiger partial charge on any atom is 0.327 e. The molecule has 1 aromatic carbocycles. The second kappa shape index (κ2) is 6.39. The third-order valence-corrected chi connectivity index (χ3v) is 5.72. The third-order valence-electron chi connectivity index (χ3n) is 5.72. The molecule has 0 saturated carbocycles. The van der Waals surface area contributed by atoms with Crippen molar-refractivity contribution in [1.29, 1.82) is 0 Å². The Kier molecular flexibility index (Phi) is 4.52. The molecule has 2 heterocycles. The van der Waals surface area contributed by atoms with Gasteiger partial charge in [0.2, 0.25) is 11.8 Å². The zero-order valence-corrected chi connectivity index (χ0v) is 15.6. The maximum absolute atomic E-state index is 12.9. The van der Waals surface area contributed by atoms with Crippen LogP contribution in [0.2, 0.25) is 0 Å². The fraction of sp³-hybridized carbons (Fsp3) is 0.526. The van der Waals surface area contributed by atoms with Crippen LogP contribution in [0.4, 0.5) is 0 Å². The Morgan fingerprint density at radius 2 is 1.85 bits per heavy atom. The van der Waals surface area contributed by atoms with Gasteiger partial charge in [-0.25, -0.2) is 0 Å². The van der Waals surface area contributed by atoms with Gasteiger partial charge < -0.3 is 9.47 Å². The first-order chi connectivity index (χ1) is 12.3. The number of likely N-dealkylation sites (tertiary alicyclic amines) is 1. The average Bonchev–Trinajstić information content (AvgIpc) is 3.12. The largest absolute Gasteiger partial charge is 0.496 e. The molecule has 1 N–H and O–H groups in total. The fourth-order valence-corrected chi connectivity index (χ4v) is 4.40. The molecule has 0 bridgehead atoms. The second-order valence-corrected chi connectivity index (χ2v) is 7.12. The first-order valence-corrected chi connectivity index (χ1v) is 8.61. The molecule has 0 aliphatic carbocycles. The van der Waals surface area contributed by atoms with Crippen molar-refractivity contribution in [3.05, 3.63) is 29.8 Å². The number of carbonyl (C=O) groups is 3. The number of fused-ring (bicyclic) bond motifs is 1. The van der Waals surface area contributed by atoms with E-state index in [-0.39, 0.29) is 17.7 Å². The van der Waals surface area contributed by atoms with Crippen LogP contribution in [0.15, 0.2) is 24.3 Å². The monoisotopic (exact) mass is 360 g/mol. The van der Waals surface area contributed by atoms with Crippen LogP contribution < -0.4 is 10.1 Å². The molecule has 0 unspecified atom stereocenters. The van der Waals surface area contributed by atoms with Crippen LogP contribution in [0.1, 0.15) is 25.5 Å². The van der Waals surface area contributed by atoms with Gasteiger partial charge in [-0.15, -0.1) is 0 Å². The van der Waals surface area contributed by atoms with Crippen LogP contribution in [-0.4, -0.2) is 49.5 Å². The lowest BCUT2D eigenvalue weighted by Crippen LogP contribution is -2.59. The number of carbonyl (C=O) groups excluding carboxylic acids is 3. The zero-order chi connectivity index (χ0) is 19.2. The lowest BCUT2D eigenvalue weighted by molar-refractivity contribution is -0.156. The topological polar surface area (TPSA) is 84.9 Å². The number of ether oxygens (including phenoxy) is 2. The van der Waals surface area contributed by atoms with Gasteiger partial charge in [0.05, 0.1) is 26.1 Å². The van der Waals surface area contributed by atoms with Crippen molar-refractivity contribution >= 4 is 17.8 Å². The SMILES string of the molecule is COC(=O)[C@]1(C(C)C)N[C@H](c2ccccc2OC)[C@H]2C(=O)N(C)C(=O)[C@@H]21. The minimum absolute atomic E-state index is 0.259. The van der Waals surface area contributed by atoms with Crippen LogP contribution in [0, 0.1) is 17.8 Å².